The van der Waals surface area contributed by atoms with E-state index >= 15 is 4.39 Å². The van der Waals surface area contributed by atoms with Gasteiger partial charge in [-0.2, -0.15) is 5.26 Å². The highest BCUT2D eigenvalue weighted by Gasteiger charge is 2.44. The molecule has 0 fully saturated rings. The summed E-state index contributed by atoms with van der Waals surface area (Å²) in [5, 5.41) is 10.1. The van der Waals surface area contributed by atoms with E-state index in [4.69, 9.17) is 19.9 Å². The number of halogens is 1. The number of carbonyl (C=O) groups is 2. The van der Waals surface area contributed by atoms with Gasteiger partial charge in [-0.3, -0.25) is 4.90 Å². The lowest BCUT2D eigenvalue weighted by Crippen LogP contribution is -2.41. The van der Waals surface area contributed by atoms with E-state index in [0.29, 0.717) is 5.56 Å². The molecule has 188 valence electrons. The highest BCUT2D eigenvalue weighted by Crippen LogP contribution is 2.46. The van der Waals surface area contributed by atoms with Crippen molar-refractivity contribution in [3.8, 4) is 11.8 Å². The Bertz CT molecular complexity index is 1270. The number of carbonyl (C=O) groups excluding carboxylic acids is 2. The number of nitriles is 1. The molecule has 1 unspecified atom stereocenters. The van der Waals surface area contributed by atoms with Crippen LogP contribution in [-0.2, 0) is 19.1 Å². The summed E-state index contributed by atoms with van der Waals surface area (Å²) in [7, 11) is 2.27. The first-order valence-corrected chi connectivity index (χ1v) is 11.1. The molecule has 2 aromatic rings. The zero-order chi connectivity index (χ0) is 26.6. The van der Waals surface area contributed by atoms with Crippen LogP contribution in [0.4, 0.5) is 10.1 Å². The molecule has 2 aromatic carbocycles. The number of ether oxygens (including phenoxy) is 3. The van der Waals surface area contributed by atoms with Crippen LogP contribution in [0.15, 0.2) is 71.2 Å². The molecular weight excluding hydrogens is 465 g/mol. The predicted octanol–water partition coefficient (Wildman–Crippen LogP) is 4.15. The maximum Gasteiger partial charge on any atom is 0.355 e. The van der Waals surface area contributed by atoms with Crippen LogP contribution in [0.1, 0.15) is 32.3 Å². The second kappa shape index (κ2) is 10.5. The molecule has 1 aliphatic rings. The number of esters is 2. The van der Waals surface area contributed by atoms with Crippen LogP contribution in [-0.4, -0.2) is 32.8 Å². The molecule has 0 bridgehead atoms. The van der Waals surface area contributed by atoms with Crippen LogP contribution in [0.2, 0.25) is 0 Å². The second-order valence-electron chi connectivity index (χ2n) is 9.27. The number of anilines is 1. The maximum atomic E-state index is 15.5. The Kier molecular flexibility index (Phi) is 7.68. The lowest BCUT2D eigenvalue weighted by atomic mass is 9.81. The molecule has 1 heterocycles. The Hall–Kier alpha value is -4.32. The Morgan fingerprint density at radius 1 is 1.06 bits per heavy atom. The number of rotatable bonds is 6. The lowest BCUT2D eigenvalue weighted by Gasteiger charge is -2.36. The van der Waals surface area contributed by atoms with E-state index in [-0.39, 0.29) is 46.1 Å². The minimum Gasteiger partial charge on any atom is -0.491 e. The minimum absolute atomic E-state index is 0.0638. The molecule has 0 radical (unpaired) electrons. The standard InChI is InChI=1S/C27H28FN3O5/c1-27(2,3)15-36-19-13-9-12-18(28)22(19)31-23(26(33)35-5)21(25(32)34-4)20(17(14-29)24(31)30)16-10-7-6-8-11-16/h6-13,20H,15,30H2,1-5H3. The van der Waals surface area contributed by atoms with Crippen LogP contribution in [0, 0.1) is 22.6 Å². The zero-order valence-electron chi connectivity index (χ0n) is 20.8. The van der Waals surface area contributed by atoms with Crippen LogP contribution < -0.4 is 15.4 Å². The summed E-state index contributed by atoms with van der Waals surface area (Å²) in [5.41, 5.74) is 5.80. The molecule has 0 saturated carbocycles. The maximum absolute atomic E-state index is 15.5. The van der Waals surface area contributed by atoms with E-state index in [1.165, 1.54) is 12.1 Å². The summed E-state index contributed by atoms with van der Waals surface area (Å²) in [4.78, 5) is 27.3. The molecule has 0 aliphatic carbocycles. The van der Waals surface area contributed by atoms with Gasteiger partial charge in [0.1, 0.15) is 23.0 Å². The number of hydrogen-bond acceptors (Lipinski definition) is 8. The monoisotopic (exact) mass is 493 g/mol. The SMILES string of the molecule is COC(=O)C1=C(C(=O)OC)N(c2c(F)cccc2OCC(C)(C)C)C(N)=C(C#N)C1c1ccccc1. The van der Waals surface area contributed by atoms with Gasteiger partial charge in [0.2, 0.25) is 0 Å². The third-order valence-electron chi connectivity index (χ3n) is 5.44. The second-order valence-corrected chi connectivity index (χ2v) is 9.27. The van der Waals surface area contributed by atoms with Crippen LogP contribution in [0.5, 0.6) is 5.75 Å². The smallest absolute Gasteiger partial charge is 0.355 e. The van der Waals surface area contributed by atoms with Crippen molar-refractivity contribution in [2.45, 2.75) is 26.7 Å². The molecule has 2 N–H and O–H groups in total. The van der Waals surface area contributed by atoms with Crippen molar-refractivity contribution in [1.82, 2.24) is 0 Å². The number of para-hydroxylation sites is 1. The first kappa shape index (κ1) is 26.3. The average molecular weight is 494 g/mol. The first-order valence-electron chi connectivity index (χ1n) is 11.1. The van der Waals surface area contributed by atoms with Gasteiger partial charge in [-0.1, -0.05) is 57.2 Å². The molecule has 1 aliphatic heterocycles. The average Bonchev–Trinajstić information content (AvgIpc) is 2.86. The predicted molar refractivity (Wildman–Crippen MR) is 131 cm³/mol. The van der Waals surface area contributed by atoms with Gasteiger partial charge in [-0.15, -0.1) is 0 Å². The minimum atomic E-state index is -1.06. The summed E-state index contributed by atoms with van der Waals surface area (Å²) in [6.07, 6.45) is 0. The van der Waals surface area contributed by atoms with Gasteiger partial charge in [0.25, 0.3) is 0 Å². The summed E-state index contributed by atoms with van der Waals surface area (Å²) in [6.45, 7) is 6.03. The zero-order valence-corrected chi connectivity index (χ0v) is 20.8. The van der Waals surface area contributed by atoms with Gasteiger partial charge in [0.15, 0.2) is 5.82 Å². The number of allylic oxidation sites excluding steroid dienone is 1. The van der Waals surface area contributed by atoms with Gasteiger partial charge in [0, 0.05) is 0 Å². The molecule has 9 heteroatoms. The number of methoxy groups -OCH3 is 2. The number of nitrogens with zero attached hydrogens (tertiary/aromatic N) is 2. The van der Waals surface area contributed by atoms with Crippen LogP contribution in [0.3, 0.4) is 0 Å². The molecule has 8 nitrogen and oxygen atoms in total. The fraction of sp³-hybridized carbons (Fsp3) is 0.296. The molecule has 0 amide bonds. The Balaban J connectivity index is 2.41. The van der Waals surface area contributed by atoms with Crippen LogP contribution in [0.25, 0.3) is 0 Å². The fourth-order valence-electron chi connectivity index (χ4n) is 3.87. The van der Waals surface area contributed by atoms with E-state index in [0.717, 1.165) is 25.2 Å². The van der Waals surface area contributed by atoms with Crippen molar-refractivity contribution in [2.24, 2.45) is 11.1 Å². The largest absolute Gasteiger partial charge is 0.491 e. The number of benzene rings is 2. The van der Waals surface area contributed by atoms with Crippen molar-refractivity contribution in [3.63, 3.8) is 0 Å². The Labute approximate surface area is 209 Å². The van der Waals surface area contributed by atoms with E-state index in [1.807, 2.05) is 26.8 Å². The normalized spacial score (nSPS) is 15.9. The van der Waals surface area contributed by atoms with E-state index in [2.05, 4.69) is 0 Å². The van der Waals surface area contributed by atoms with Gasteiger partial charge >= 0.3 is 11.9 Å². The van der Waals surface area contributed by atoms with E-state index in [1.54, 1.807) is 30.3 Å². The Morgan fingerprint density at radius 3 is 2.25 bits per heavy atom. The molecule has 36 heavy (non-hydrogen) atoms. The third kappa shape index (κ3) is 5.03. The fourth-order valence-corrected chi connectivity index (χ4v) is 3.87. The van der Waals surface area contributed by atoms with Crippen molar-refractivity contribution < 1.29 is 28.2 Å². The molecule has 0 aromatic heterocycles. The number of nitrogens with two attached hydrogens (primary N) is 1. The van der Waals surface area contributed by atoms with Crippen molar-refractivity contribution >= 4 is 17.6 Å². The molecule has 3 rings (SSSR count). The summed E-state index contributed by atoms with van der Waals surface area (Å²) < 4.78 is 31.4. The first-order chi connectivity index (χ1) is 17.1. The van der Waals surface area contributed by atoms with Crippen molar-refractivity contribution in [3.05, 3.63) is 82.6 Å². The van der Waals surface area contributed by atoms with Gasteiger partial charge in [-0.25, -0.2) is 14.0 Å². The summed E-state index contributed by atoms with van der Waals surface area (Å²) in [5.74, 6) is -3.89. The van der Waals surface area contributed by atoms with Gasteiger partial charge < -0.3 is 19.9 Å². The summed E-state index contributed by atoms with van der Waals surface area (Å²) in [6, 6.07) is 14.7. The van der Waals surface area contributed by atoms with Crippen LogP contribution >= 0.6 is 0 Å². The highest BCUT2D eigenvalue weighted by atomic mass is 19.1. The molecule has 0 spiro atoms. The van der Waals surface area contributed by atoms with E-state index in [9.17, 15) is 14.9 Å². The molecule has 1 atom stereocenters. The van der Waals surface area contributed by atoms with Crippen molar-refractivity contribution in [1.29, 1.82) is 5.26 Å². The molecular formula is C27H28FN3O5. The lowest BCUT2D eigenvalue weighted by molar-refractivity contribution is -0.139. The van der Waals surface area contributed by atoms with Crippen molar-refractivity contribution in [2.75, 3.05) is 25.7 Å². The number of hydrogen-bond donors (Lipinski definition) is 1. The topological polar surface area (TPSA) is 115 Å². The van der Waals surface area contributed by atoms with Gasteiger partial charge in [-0.05, 0) is 23.1 Å². The quantitative estimate of drug-likeness (QED) is 0.597. The third-order valence-corrected chi connectivity index (χ3v) is 5.44. The Morgan fingerprint density at radius 2 is 1.69 bits per heavy atom. The van der Waals surface area contributed by atoms with E-state index < -0.39 is 23.7 Å². The van der Waals surface area contributed by atoms with Gasteiger partial charge in [0.05, 0.1) is 44.0 Å². The molecule has 0 saturated heterocycles. The summed E-state index contributed by atoms with van der Waals surface area (Å²) >= 11 is 0. The highest BCUT2D eigenvalue weighted by molar-refractivity contribution is 6.06.